The van der Waals surface area contributed by atoms with Crippen molar-refractivity contribution in [3.63, 3.8) is 0 Å². The number of amides is 1. The summed E-state index contributed by atoms with van der Waals surface area (Å²) in [5.41, 5.74) is 2.77. The van der Waals surface area contributed by atoms with Crippen LogP contribution in [0.25, 0.3) is 0 Å². The molecule has 0 aromatic heterocycles. The molecule has 6 nitrogen and oxygen atoms in total. The molecule has 0 saturated carbocycles. The molecule has 0 unspecified atom stereocenters. The topological polar surface area (TPSA) is 87.6 Å². The molecule has 1 saturated heterocycles. The number of carbonyl (C=O) groups excluding carboxylic acids is 1. The van der Waals surface area contributed by atoms with E-state index in [2.05, 4.69) is 15.6 Å². The van der Waals surface area contributed by atoms with Crippen LogP contribution in [0, 0.1) is 0 Å². The molecule has 4 rings (SSSR count). The van der Waals surface area contributed by atoms with Crippen molar-refractivity contribution >= 4 is 50.0 Å². The summed E-state index contributed by atoms with van der Waals surface area (Å²) in [6, 6.07) is 14.8. The summed E-state index contributed by atoms with van der Waals surface area (Å²) in [5.74, 6) is 0.284. The zero-order chi connectivity index (χ0) is 20.4. The fourth-order valence-corrected chi connectivity index (χ4v) is 7.10. The molecule has 1 amide bonds. The molecule has 0 bridgehead atoms. The van der Waals surface area contributed by atoms with Crippen molar-refractivity contribution in [2.75, 3.05) is 16.8 Å². The van der Waals surface area contributed by atoms with Gasteiger partial charge in [-0.2, -0.15) is 0 Å². The van der Waals surface area contributed by atoms with E-state index in [-0.39, 0.29) is 28.7 Å². The first kappa shape index (κ1) is 20.3. The van der Waals surface area contributed by atoms with E-state index in [4.69, 9.17) is 11.6 Å². The normalized spacial score (nSPS) is 22.0. The predicted molar refractivity (Wildman–Crippen MR) is 118 cm³/mol. The van der Waals surface area contributed by atoms with E-state index in [0.717, 1.165) is 22.0 Å². The van der Waals surface area contributed by atoms with Crippen molar-refractivity contribution in [3.8, 4) is 0 Å². The maximum Gasteiger partial charge on any atom is 0.224 e. The Morgan fingerprint density at radius 1 is 1.07 bits per heavy atom. The Hall–Kier alpha value is -2.03. The Kier molecular flexibility index (Phi) is 5.85. The molecular formula is C20H20ClN3O3S2. The summed E-state index contributed by atoms with van der Waals surface area (Å²) in [6.07, 6.45) is 0.297. The number of sulfone groups is 1. The second-order valence-electron chi connectivity index (χ2n) is 7.14. The van der Waals surface area contributed by atoms with Gasteiger partial charge >= 0.3 is 0 Å². The van der Waals surface area contributed by atoms with Crippen LogP contribution in [-0.4, -0.2) is 42.3 Å². The Balaban J connectivity index is 1.27. The minimum absolute atomic E-state index is 0.0195. The summed E-state index contributed by atoms with van der Waals surface area (Å²) in [6.45, 7) is 0.463. The number of aliphatic imine (C=N–C) groups is 1. The van der Waals surface area contributed by atoms with Crippen LogP contribution in [0.4, 0.5) is 5.69 Å². The van der Waals surface area contributed by atoms with Crippen molar-refractivity contribution in [2.24, 2.45) is 4.99 Å². The van der Waals surface area contributed by atoms with E-state index in [1.165, 1.54) is 11.8 Å². The van der Waals surface area contributed by atoms with Crippen LogP contribution in [-0.2, 0) is 27.6 Å². The number of benzene rings is 2. The molecule has 2 aromatic rings. The van der Waals surface area contributed by atoms with E-state index in [1.54, 1.807) is 12.1 Å². The third kappa shape index (κ3) is 5.32. The molecule has 2 aliphatic heterocycles. The zero-order valence-corrected chi connectivity index (χ0v) is 17.9. The van der Waals surface area contributed by atoms with Crippen LogP contribution in [0.1, 0.15) is 11.1 Å². The van der Waals surface area contributed by atoms with E-state index >= 15 is 0 Å². The molecule has 2 aliphatic rings. The lowest BCUT2D eigenvalue weighted by molar-refractivity contribution is -0.120. The predicted octanol–water partition coefficient (Wildman–Crippen LogP) is 2.88. The van der Waals surface area contributed by atoms with Crippen LogP contribution in [0.3, 0.4) is 0 Å². The Morgan fingerprint density at radius 3 is 2.45 bits per heavy atom. The van der Waals surface area contributed by atoms with Gasteiger partial charge in [-0.1, -0.05) is 47.6 Å². The number of fused-ring (bicyclic) bond motifs is 1. The Morgan fingerprint density at radius 2 is 1.76 bits per heavy atom. The van der Waals surface area contributed by atoms with Gasteiger partial charge in [0.05, 0.1) is 24.0 Å². The quantitative estimate of drug-likeness (QED) is 0.732. The second-order valence-corrected chi connectivity index (χ2v) is 11.0. The van der Waals surface area contributed by atoms with Gasteiger partial charge < -0.3 is 10.6 Å². The molecule has 2 heterocycles. The molecule has 2 atom stereocenters. The maximum absolute atomic E-state index is 12.2. The third-order valence-electron chi connectivity index (χ3n) is 4.79. The third-order valence-corrected chi connectivity index (χ3v) is 8.18. The fourth-order valence-electron chi connectivity index (χ4n) is 3.30. The van der Waals surface area contributed by atoms with E-state index in [9.17, 15) is 13.2 Å². The van der Waals surface area contributed by atoms with Crippen LogP contribution in [0.15, 0.2) is 53.5 Å². The first-order chi connectivity index (χ1) is 13.9. The molecule has 2 N–H and O–H groups in total. The van der Waals surface area contributed by atoms with Crippen molar-refractivity contribution in [2.45, 2.75) is 24.3 Å². The fraction of sp³-hybridized carbons (Fsp3) is 0.300. The van der Waals surface area contributed by atoms with Gasteiger partial charge in [-0.05, 0) is 35.4 Å². The van der Waals surface area contributed by atoms with Crippen molar-refractivity contribution in [1.29, 1.82) is 0 Å². The zero-order valence-electron chi connectivity index (χ0n) is 15.5. The van der Waals surface area contributed by atoms with Crippen molar-refractivity contribution in [1.82, 2.24) is 5.32 Å². The Labute approximate surface area is 179 Å². The lowest BCUT2D eigenvalue weighted by atomic mass is 10.1. The second kappa shape index (κ2) is 8.38. The molecule has 152 valence electrons. The van der Waals surface area contributed by atoms with Gasteiger partial charge in [0.1, 0.15) is 0 Å². The standard InChI is InChI=1S/C20H20ClN3O3S2/c21-15-5-1-14(2-6-15)10-22-19(25)9-13-3-7-16(8-4-13)23-20-24-17-11-29(26,27)12-18(17)28-20/h1-8,17-18H,9-12H2,(H,22,25)(H,23,24)/t17-,18+/m0/s1. The molecular weight excluding hydrogens is 430 g/mol. The number of halogens is 1. The van der Waals surface area contributed by atoms with Crippen LogP contribution in [0.5, 0.6) is 0 Å². The van der Waals surface area contributed by atoms with Gasteiger partial charge in [0.2, 0.25) is 5.91 Å². The number of hydrogen-bond donors (Lipinski definition) is 2. The molecule has 9 heteroatoms. The van der Waals surface area contributed by atoms with Gasteiger partial charge in [0.25, 0.3) is 0 Å². The summed E-state index contributed by atoms with van der Waals surface area (Å²) >= 11 is 7.34. The van der Waals surface area contributed by atoms with Crippen molar-refractivity contribution < 1.29 is 13.2 Å². The highest BCUT2D eigenvalue weighted by Gasteiger charge is 2.42. The van der Waals surface area contributed by atoms with Gasteiger partial charge in [0, 0.05) is 22.5 Å². The first-order valence-corrected chi connectivity index (χ1v) is 12.3. The van der Waals surface area contributed by atoms with Gasteiger partial charge in [0.15, 0.2) is 15.0 Å². The van der Waals surface area contributed by atoms with Gasteiger partial charge in [-0.3, -0.25) is 9.79 Å². The van der Waals surface area contributed by atoms with Gasteiger partial charge in [-0.15, -0.1) is 0 Å². The monoisotopic (exact) mass is 449 g/mol. The maximum atomic E-state index is 12.2. The van der Waals surface area contributed by atoms with E-state index in [0.29, 0.717) is 18.0 Å². The van der Waals surface area contributed by atoms with Crippen LogP contribution in [0.2, 0.25) is 5.02 Å². The molecule has 2 aromatic carbocycles. The number of amidine groups is 1. The number of nitrogens with zero attached hydrogens (tertiary/aromatic N) is 1. The highest BCUT2D eigenvalue weighted by Crippen LogP contribution is 2.34. The largest absolute Gasteiger partial charge is 0.352 e. The molecule has 0 radical (unpaired) electrons. The molecule has 0 aliphatic carbocycles. The number of anilines is 1. The number of rotatable bonds is 5. The van der Waals surface area contributed by atoms with Crippen LogP contribution < -0.4 is 10.6 Å². The van der Waals surface area contributed by atoms with E-state index in [1.807, 2.05) is 36.4 Å². The summed E-state index contributed by atoms with van der Waals surface area (Å²) < 4.78 is 23.3. The highest BCUT2D eigenvalue weighted by atomic mass is 35.5. The smallest absolute Gasteiger partial charge is 0.224 e. The van der Waals surface area contributed by atoms with E-state index < -0.39 is 9.84 Å². The SMILES string of the molecule is O=C(Cc1ccc(NC2=N[C@H]3CS(=O)(=O)C[C@H]3S2)cc1)NCc1ccc(Cl)cc1. The van der Waals surface area contributed by atoms with Crippen molar-refractivity contribution in [3.05, 3.63) is 64.7 Å². The number of nitrogens with one attached hydrogen (secondary N) is 2. The Bertz CT molecular complexity index is 1040. The highest BCUT2D eigenvalue weighted by molar-refractivity contribution is 8.15. The number of thioether (sulfide) groups is 1. The molecule has 1 fully saturated rings. The number of carbonyl (C=O) groups is 1. The summed E-state index contributed by atoms with van der Waals surface area (Å²) in [5, 5.41) is 7.58. The minimum Gasteiger partial charge on any atom is -0.352 e. The summed E-state index contributed by atoms with van der Waals surface area (Å²) in [7, 11) is -2.94. The van der Waals surface area contributed by atoms with Gasteiger partial charge in [-0.25, -0.2) is 8.42 Å². The number of hydrogen-bond acceptors (Lipinski definition) is 6. The average Bonchev–Trinajstić information content (AvgIpc) is 3.15. The lowest BCUT2D eigenvalue weighted by Crippen LogP contribution is -2.24. The molecule has 0 spiro atoms. The average molecular weight is 450 g/mol. The van der Waals surface area contributed by atoms with Crippen LogP contribution >= 0.6 is 23.4 Å². The minimum atomic E-state index is -2.94. The molecule has 29 heavy (non-hydrogen) atoms. The lowest BCUT2D eigenvalue weighted by Gasteiger charge is -2.09. The first-order valence-electron chi connectivity index (χ1n) is 9.18. The summed E-state index contributed by atoms with van der Waals surface area (Å²) in [4.78, 5) is 16.6.